The number of para-hydroxylation sites is 1. The molecule has 0 radical (unpaired) electrons. The first kappa shape index (κ1) is 18.9. The Morgan fingerprint density at radius 2 is 2.00 bits per heavy atom. The Morgan fingerprint density at radius 1 is 1.23 bits per heavy atom. The number of benzene rings is 1. The van der Waals surface area contributed by atoms with Crippen molar-refractivity contribution in [2.24, 2.45) is 5.92 Å². The van der Waals surface area contributed by atoms with E-state index in [1.807, 2.05) is 42.5 Å². The molecule has 142 valence electrons. The fourth-order valence-electron chi connectivity index (χ4n) is 3.27. The summed E-state index contributed by atoms with van der Waals surface area (Å²) >= 11 is 0. The summed E-state index contributed by atoms with van der Waals surface area (Å²) in [4.78, 5) is 2.31. The number of rotatable bonds is 7. The van der Waals surface area contributed by atoms with E-state index >= 15 is 0 Å². The van der Waals surface area contributed by atoms with Crippen LogP contribution in [0.25, 0.3) is 0 Å². The summed E-state index contributed by atoms with van der Waals surface area (Å²) in [5, 5.41) is 0. The third-order valence-corrected chi connectivity index (χ3v) is 5.94. The van der Waals surface area contributed by atoms with Crippen molar-refractivity contribution >= 4 is 10.0 Å². The molecule has 2 aromatic rings. The molecule has 3 rings (SSSR count). The van der Waals surface area contributed by atoms with Gasteiger partial charge in [0.1, 0.15) is 11.5 Å². The zero-order valence-corrected chi connectivity index (χ0v) is 16.1. The Kier molecular flexibility index (Phi) is 6.01. The average molecular weight is 378 g/mol. The van der Waals surface area contributed by atoms with Gasteiger partial charge in [-0.15, -0.1) is 0 Å². The molecule has 1 aromatic heterocycles. The number of hydrogen-bond donors (Lipinski definition) is 0. The van der Waals surface area contributed by atoms with Gasteiger partial charge in [-0.2, -0.15) is 0 Å². The number of nitrogens with zero attached hydrogens (tertiary/aromatic N) is 2. The van der Waals surface area contributed by atoms with Crippen molar-refractivity contribution in [2.75, 3.05) is 32.9 Å². The lowest BCUT2D eigenvalue weighted by Crippen LogP contribution is -2.40. The summed E-state index contributed by atoms with van der Waals surface area (Å²) < 4.78 is 36.2. The Balaban J connectivity index is 1.54. The van der Waals surface area contributed by atoms with Gasteiger partial charge in [0.25, 0.3) is 5.95 Å². The van der Waals surface area contributed by atoms with Crippen LogP contribution < -0.4 is 4.74 Å². The molecule has 0 spiro atoms. The normalized spacial score (nSPS) is 19.0. The van der Waals surface area contributed by atoms with Crippen molar-refractivity contribution in [3.63, 3.8) is 0 Å². The molecular formula is C19H26N2O4S. The first-order chi connectivity index (χ1) is 12.4. The maximum Gasteiger partial charge on any atom is 0.290 e. The van der Waals surface area contributed by atoms with Gasteiger partial charge < -0.3 is 9.15 Å². The van der Waals surface area contributed by atoms with E-state index in [-0.39, 0.29) is 0 Å². The molecule has 6 nitrogen and oxygen atoms in total. The maximum absolute atomic E-state index is 11.6. The van der Waals surface area contributed by atoms with E-state index < -0.39 is 10.0 Å². The second-order valence-corrected chi connectivity index (χ2v) is 9.01. The van der Waals surface area contributed by atoms with Gasteiger partial charge in [0, 0.05) is 26.2 Å². The third-order valence-electron chi connectivity index (χ3n) is 4.66. The summed E-state index contributed by atoms with van der Waals surface area (Å²) in [5.41, 5.74) is 0. The van der Waals surface area contributed by atoms with Crippen LogP contribution in [0.15, 0.2) is 46.9 Å². The topological polar surface area (TPSA) is 63.0 Å². The minimum Gasteiger partial charge on any atom is -0.429 e. The first-order valence-corrected chi connectivity index (χ1v) is 10.7. The Labute approximate surface area is 155 Å². The van der Waals surface area contributed by atoms with Crippen LogP contribution in [0.5, 0.6) is 11.7 Å². The van der Waals surface area contributed by atoms with E-state index in [4.69, 9.17) is 9.15 Å². The quantitative estimate of drug-likeness (QED) is 0.740. The maximum atomic E-state index is 11.6. The van der Waals surface area contributed by atoms with Crippen LogP contribution in [0.2, 0.25) is 0 Å². The van der Waals surface area contributed by atoms with E-state index in [1.54, 1.807) is 7.05 Å². The monoisotopic (exact) mass is 378 g/mol. The Bertz CT molecular complexity index is 804. The summed E-state index contributed by atoms with van der Waals surface area (Å²) in [6.07, 6.45) is 3.37. The highest BCUT2D eigenvalue weighted by molar-refractivity contribution is 7.88. The highest BCUT2D eigenvalue weighted by Crippen LogP contribution is 2.25. The van der Waals surface area contributed by atoms with Gasteiger partial charge in [0.15, 0.2) is 0 Å². The highest BCUT2D eigenvalue weighted by Gasteiger charge is 2.24. The van der Waals surface area contributed by atoms with Gasteiger partial charge in [0.2, 0.25) is 10.0 Å². The molecule has 7 heteroatoms. The molecule has 1 aliphatic rings. The molecule has 0 N–H and O–H groups in total. The SMILES string of the molecule is CN(CC1CCCN(Cc2ccc(Oc3ccccc3)o2)C1)S(C)(=O)=O. The smallest absolute Gasteiger partial charge is 0.290 e. The van der Waals surface area contributed by atoms with Crippen LogP contribution in [0.1, 0.15) is 18.6 Å². The summed E-state index contributed by atoms with van der Waals surface area (Å²) in [7, 11) is -1.48. The predicted octanol–water partition coefficient (Wildman–Crippen LogP) is 3.18. The third kappa shape index (κ3) is 5.33. The molecule has 1 fully saturated rings. The minimum absolute atomic E-state index is 0.346. The van der Waals surface area contributed by atoms with Crippen LogP contribution in [0.4, 0.5) is 0 Å². The molecule has 1 atom stereocenters. The van der Waals surface area contributed by atoms with E-state index in [9.17, 15) is 8.42 Å². The van der Waals surface area contributed by atoms with Gasteiger partial charge in [0.05, 0.1) is 12.8 Å². The van der Waals surface area contributed by atoms with Crippen LogP contribution in [-0.2, 0) is 16.6 Å². The van der Waals surface area contributed by atoms with E-state index in [0.29, 0.717) is 25.0 Å². The number of sulfonamides is 1. The minimum atomic E-state index is -3.13. The van der Waals surface area contributed by atoms with Crippen molar-refractivity contribution in [2.45, 2.75) is 19.4 Å². The van der Waals surface area contributed by atoms with Gasteiger partial charge >= 0.3 is 0 Å². The van der Waals surface area contributed by atoms with Crippen LogP contribution in [0, 0.1) is 5.92 Å². The van der Waals surface area contributed by atoms with Crippen LogP contribution in [-0.4, -0.2) is 50.6 Å². The standard InChI is InChI=1S/C19H26N2O4S/c1-20(26(2,22)23)13-16-7-6-12-21(14-16)15-18-10-11-19(25-18)24-17-8-4-3-5-9-17/h3-5,8-11,16H,6-7,12-15H2,1-2H3. The molecule has 0 bridgehead atoms. The van der Waals surface area contributed by atoms with Crippen LogP contribution >= 0.6 is 0 Å². The average Bonchev–Trinajstić information content (AvgIpc) is 3.02. The number of furan rings is 1. The van der Waals surface area contributed by atoms with E-state index in [0.717, 1.165) is 37.4 Å². The lowest BCUT2D eigenvalue weighted by molar-refractivity contribution is 0.144. The Hall–Kier alpha value is -1.83. The van der Waals surface area contributed by atoms with Crippen molar-refractivity contribution in [1.29, 1.82) is 0 Å². The molecule has 1 saturated heterocycles. The fourth-order valence-corrected chi connectivity index (χ4v) is 3.75. The second-order valence-electron chi connectivity index (χ2n) is 6.92. The van der Waals surface area contributed by atoms with Crippen LogP contribution in [0.3, 0.4) is 0 Å². The van der Waals surface area contributed by atoms with Gasteiger partial charge in [-0.1, -0.05) is 18.2 Å². The second kappa shape index (κ2) is 8.24. The van der Waals surface area contributed by atoms with Gasteiger partial charge in [-0.05, 0) is 43.5 Å². The lowest BCUT2D eigenvalue weighted by Gasteiger charge is -2.33. The summed E-state index contributed by atoms with van der Waals surface area (Å²) in [6, 6.07) is 13.3. The number of hydrogen-bond acceptors (Lipinski definition) is 5. The molecule has 26 heavy (non-hydrogen) atoms. The van der Waals surface area contributed by atoms with Crippen molar-refractivity contribution in [3.8, 4) is 11.7 Å². The van der Waals surface area contributed by atoms with Gasteiger partial charge in [-0.25, -0.2) is 12.7 Å². The molecule has 1 unspecified atom stereocenters. The predicted molar refractivity (Wildman–Crippen MR) is 101 cm³/mol. The number of piperidine rings is 1. The number of ether oxygens (including phenoxy) is 1. The fraction of sp³-hybridized carbons (Fsp3) is 0.474. The molecule has 1 aromatic carbocycles. The van der Waals surface area contributed by atoms with Gasteiger partial charge in [-0.3, -0.25) is 4.90 Å². The summed E-state index contributed by atoms with van der Waals surface area (Å²) in [5.74, 6) is 2.43. The lowest BCUT2D eigenvalue weighted by atomic mass is 9.98. The van der Waals surface area contributed by atoms with Crippen molar-refractivity contribution in [3.05, 3.63) is 48.2 Å². The van der Waals surface area contributed by atoms with Crippen molar-refractivity contribution in [1.82, 2.24) is 9.21 Å². The van der Waals surface area contributed by atoms with Crippen molar-refractivity contribution < 1.29 is 17.6 Å². The molecule has 1 aliphatic heterocycles. The molecule has 0 aliphatic carbocycles. The molecule has 2 heterocycles. The summed E-state index contributed by atoms with van der Waals surface area (Å²) in [6.45, 7) is 3.14. The molecular weight excluding hydrogens is 352 g/mol. The molecule has 0 saturated carbocycles. The van der Waals surface area contributed by atoms with E-state index in [2.05, 4.69) is 4.90 Å². The molecule has 0 amide bonds. The largest absolute Gasteiger partial charge is 0.429 e. The Morgan fingerprint density at radius 3 is 2.73 bits per heavy atom. The zero-order chi connectivity index (χ0) is 18.6. The van der Waals surface area contributed by atoms with E-state index in [1.165, 1.54) is 10.6 Å². The first-order valence-electron chi connectivity index (χ1n) is 8.85. The number of likely N-dealkylation sites (tertiary alicyclic amines) is 1. The highest BCUT2D eigenvalue weighted by atomic mass is 32.2. The zero-order valence-electron chi connectivity index (χ0n) is 15.3.